The highest BCUT2D eigenvalue weighted by molar-refractivity contribution is 9.11. The Kier molecular flexibility index (Phi) is 4.87. The fraction of sp³-hybridized carbons (Fsp3) is 0.0714. The van der Waals surface area contributed by atoms with Gasteiger partial charge in [0.15, 0.2) is 0 Å². The first-order valence-corrected chi connectivity index (χ1v) is 7.14. The van der Waals surface area contributed by atoms with E-state index in [2.05, 4.69) is 15.9 Å². The van der Waals surface area contributed by atoms with Crippen molar-refractivity contribution >= 4 is 39.3 Å². The maximum Gasteiger partial charge on any atom is 0.331 e. The van der Waals surface area contributed by atoms with Crippen LogP contribution in [-0.4, -0.2) is 5.97 Å². The Hall–Kier alpha value is -1.46. The van der Waals surface area contributed by atoms with Crippen molar-refractivity contribution in [2.24, 2.45) is 0 Å². The molecule has 0 bridgehead atoms. The largest absolute Gasteiger partial charge is 0.458 e. The summed E-state index contributed by atoms with van der Waals surface area (Å²) in [5.41, 5.74) is 1.69. The van der Waals surface area contributed by atoms with Crippen LogP contribution in [0.2, 0.25) is 0 Å². The van der Waals surface area contributed by atoms with Gasteiger partial charge in [0, 0.05) is 11.6 Å². The van der Waals surface area contributed by atoms with Crippen LogP contribution < -0.4 is 0 Å². The summed E-state index contributed by atoms with van der Waals surface area (Å²) < 4.78 is 18.8. The molecule has 0 N–H and O–H groups in total. The number of rotatable bonds is 4. The number of halogens is 2. The average Bonchev–Trinajstić information content (AvgIpc) is 2.81. The van der Waals surface area contributed by atoms with Gasteiger partial charge in [0.2, 0.25) is 0 Å². The van der Waals surface area contributed by atoms with Crippen LogP contribution in [0.1, 0.15) is 11.1 Å². The van der Waals surface area contributed by atoms with E-state index in [4.69, 9.17) is 4.74 Å². The quantitative estimate of drug-likeness (QED) is 0.608. The number of esters is 1. The summed E-state index contributed by atoms with van der Waals surface area (Å²) >= 11 is 4.88. The summed E-state index contributed by atoms with van der Waals surface area (Å²) in [6.07, 6.45) is 2.92. The lowest BCUT2D eigenvalue weighted by molar-refractivity contribution is -0.138. The maximum atomic E-state index is 12.7. The molecule has 2 rings (SSSR count). The van der Waals surface area contributed by atoms with Crippen molar-refractivity contribution < 1.29 is 13.9 Å². The molecule has 5 heteroatoms. The van der Waals surface area contributed by atoms with E-state index in [9.17, 15) is 9.18 Å². The molecule has 2 nitrogen and oxygen atoms in total. The third-order valence-electron chi connectivity index (χ3n) is 2.28. The molecule has 0 saturated heterocycles. The lowest BCUT2D eigenvalue weighted by Crippen LogP contribution is -1.99. The van der Waals surface area contributed by atoms with Crippen molar-refractivity contribution in [1.29, 1.82) is 0 Å². The Morgan fingerprint density at radius 2 is 2.11 bits per heavy atom. The molecular formula is C14H10BrFO2S. The van der Waals surface area contributed by atoms with E-state index in [0.717, 1.165) is 14.9 Å². The summed E-state index contributed by atoms with van der Waals surface area (Å²) in [5, 5.41) is 1.92. The van der Waals surface area contributed by atoms with Crippen LogP contribution in [0.15, 0.2) is 45.6 Å². The predicted molar refractivity (Wildman–Crippen MR) is 77.2 cm³/mol. The highest BCUT2D eigenvalue weighted by Crippen LogP contribution is 2.21. The van der Waals surface area contributed by atoms with Crippen LogP contribution in [0, 0.1) is 5.82 Å². The Bertz CT molecular complexity index is 590. The molecule has 2 aromatic rings. The van der Waals surface area contributed by atoms with E-state index >= 15 is 0 Å². The van der Waals surface area contributed by atoms with E-state index in [1.165, 1.54) is 29.5 Å². The summed E-state index contributed by atoms with van der Waals surface area (Å²) in [7, 11) is 0. The zero-order valence-electron chi connectivity index (χ0n) is 9.81. The van der Waals surface area contributed by atoms with Gasteiger partial charge in [-0.05, 0) is 51.1 Å². The van der Waals surface area contributed by atoms with Crippen molar-refractivity contribution in [1.82, 2.24) is 0 Å². The van der Waals surface area contributed by atoms with Gasteiger partial charge in [0.1, 0.15) is 12.4 Å². The second-order valence-corrected chi connectivity index (χ2v) is 6.04. The molecule has 1 aromatic heterocycles. The first kappa shape index (κ1) is 14.0. The van der Waals surface area contributed by atoms with E-state index in [1.54, 1.807) is 18.2 Å². The van der Waals surface area contributed by atoms with Crippen LogP contribution in [0.3, 0.4) is 0 Å². The molecule has 0 aliphatic rings. The average molecular weight is 341 g/mol. The second kappa shape index (κ2) is 6.63. The summed E-state index contributed by atoms with van der Waals surface area (Å²) in [4.78, 5) is 11.5. The second-order valence-electron chi connectivity index (χ2n) is 3.75. The number of carbonyl (C=O) groups excluding carboxylic acids is 1. The zero-order valence-corrected chi connectivity index (χ0v) is 12.2. The van der Waals surface area contributed by atoms with Crippen molar-refractivity contribution in [2.45, 2.75) is 6.61 Å². The molecule has 0 aliphatic carbocycles. The Labute approximate surface area is 122 Å². The van der Waals surface area contributed by atoms with Crippen molar-refractivity contribution in [3.8, 4) is 0 Å². The van der Waals surface area contributed by atoms with Gasteiger partial charge in [-0.1, -0.05) is 12.1 Å². The number of ether oxygens (including phenoxy) is 1. The topological polar surface area (TPSA) is 26.3 Å². The molecule has 98 valence electrons. The third kappa shape index (κ3) is 4.61. The number of thiophene rings is 1. The highest BCUT2D eigenvalue weighted by Gasteiger charge is 2.01. The van der Waals surface area contributed by atoms with Gasteiger partial charge in [0.05, 0.1) is 3.79 Å². The minimum atomic E-state index is -0.424. The molecule has 1 heterocycles. The summed E-state index contributed by atoms with van der Waals surface area (Å²) in [5.74, 6) is -0.727. The first-order valence-electron chi connectivity index (χ1n) is 5.47. The van der Waals surface area contributed by atoms with Crippen LogP contribution in [0.5, 0.6) is 0 Å². The third-order valence-corrected chi connectivity index (χ3v) is 3.84. The van der Waals surface area contributed by atoms with Gasteiger partial charge in [-0.3, -0.25) is 0 Å². The minimum absolute atomic E-state index is 0.245. The Balaban J connectivity index is 1.85. The normalized spacial score (nSPS) is 10.8. The van der Waals surface area contributed by atoms with Gasteiger partial charge < -0.3 is 4.74 Å². The van der Waals surface area contributed by atoms with Gasteiger partial charge in [-0.15, -0.1) is 11.3 Å². The molecule has 0 saturated carbocycles. The molecule has 0 aliphatic heterocycles. The SMILES string of the molecule is O=C(C=Cc1ccc(F)cc1)OCc1csc(Br)c1. The molecule has 0 fully saturated rings. The fourth-order valence-electron chi connectivity index (χ4n) is 1.36. The van der Waals surface area contributed by atoms with Crippen molar-refractivity contribution in [3.63, 3.8) is 0 Å². The van der Waals surface area contributed by atoms with Gasteiger partial charge in [-0.25, -0.2) is 9.18 Å². The molecule has 0 amide bonds. The predicted octanol–water partition coefficient (Wildman–Crippen LogP) is 4.41. The number of hydrogen-bond donors (Lipinski definition) is 0. The van der Waals surface area contributed by atoms with E-state index in [0.29, 0.717) is 0 Å². The Morgan fingerprint density at radius 1 is 1.37 bits per heavy atom. The minimum Gasteiger partial charge on any atom is -0.458 e. The zero-order chi connectivity index (χ0) is 13.7. The number of carbonyl (C=O) groups is 1. The highest BCUT2D eigenvalue weighted by atomic mass is 79.9. The molecular weight excluding hydrogens is 331 g/mol. The lowest BCUT2D eigenvalue weighted by Gasteiger charge is -1.99. The molecule has 0 unspecified atom stereocenters. The monoisotopic (exact) mass is 340 g/mol. The fourth-order valence-corrected chi connectivity index (χ4v) is 2.56. The summed E-state index contributed by atoms with van der Waals surface area (Å²) in [6.45, 7) is 0.245. The molecule has 0 atom stereocenters. The van der Waals surface area contributed by atoms with Crippen LogP contribution in [-0.2, 0) is 16.1 Å². The molecule has 1 aromatic carbocycles. The smallest absolute Gasteiger partial charge is 0.331 e. The van der Waals surface area contributed by atoms with Crippen molar-refractivity contribution in [2.75, 3.05) is 0 Å². The van der Waals surface area contributed by atoms with E-state index in [1.807, 2.05) is 11.4 Å². The molecule has 19 heavy (non-hydrogen) atoms. The summed E-state index contributed by atoms with van der Waals surface area (Å²) in [6, 6.07) is 7.77. The number of benzene rings is 1. The van der Waals surface area contributed by atoms with Crippen LogP contribution >= 0.6 is 27.3 Å². The van der Waals surface area contributed by atoms with Crippen molar-refractivity contribution in [3.05, 3.63) is 62.5 Å². The number of hydrogen-bond acceptors (Lipinski definition) is 3. The van der Waals surface area contributed by atoms with Gasteiger partial charge in [-0.2, -0.15) is 0 Å². The van der Waals surface area contributed by atoms with Crippen LogP contribution in [0.4, 0.5) is 4.39 Å². The van der Waals surface area contributed by atoms with Gasteiger partial charge in [0.25, 0.3) is 0 Å². The maximum absolute atomic E-state index is 12.7. The van der Waals surface area contributed by atoms with Crippen LogP contribution in [0.25, 0.3) is 6.08 Å². The van der Waals surface area contributed by atoms with E-state index < -0.39 is 5.97 Å². The van der Waals surface area contributed by atoms with Gasteiger partial charge >= 0.3 is 5.97 Å². The molecule has 0 spiro atoms. The Morgan fingerprint density at radius 3 is 2.74 bits per heavy atom. The standard InChI is InChI=1S/C14H10BrFO2S/c15-13-7-11(9-19-13)8-18-14(17)6-3-10-1-4-12(16)5-2-10/h1-7,9H,8H2. The van der Waals surface area contributed by atoms with E-state index in [-0.39, 0.29) is 12.4 Å². The lowest BCUT2D eigenvalue weighted by atomic mass is 10.2. The molecule has 0 radical (unpaired) electrons. The first-order chi connectivity index (χ1) is 9.13.